The van der Waals surface area contributed by atoms with Crippen LogP contribution in [0.1, 0.15) is 63.4 Å². The maximum Gasteiger partial charge on any atom is 0.407 e. The van der Waals surface area contributed by atoms with Gasteiger partial charge < -0.3 is 30.4 Å². The fraction of sp³-hybridized carbons (Fsp3) is 0.480. The number of hydroxylamine groups is 2. The van der Waals surface area contributed by atoms with Crippen molar-refractivity contribution in [2.45, 2.75) is 69.9 Å². The Kier molecular flexibility index (Phi) is 11.9. The zero-order valence-corrected chi connectivity index (χ0v) is 21.2. The summed E-state index contributed by atoms with van der Waals surface area (Å²) < 4.78 is 5.06. The number of nitrogens with one attached hydrogen (secondary N) is 2. The van der Waals surface area contributed by atoms with Crippen molar-refractivity contribution in [3.05, 3.63) is 35.9 Å². The van der Waals surface area contributed by atoms with E-state index >= 15 is 0 Å². The molecule has 39 heavy (non-hydrogen) atoms. The van der Waals surface area contributed by atoms with Gasteiger partial charge in [-0.15, -0.1) is 5.06 Å². The molecule has 0 unspecified atom stereocenters. The van der Waals surface area contributed by atoms with E-state index in [0.717, 1.165) is 5.56 Å². The number of alkyl carbamates (subject to hydrolysis) is 1. The molecule has 0 saturated carbocycles. The van der Waals surface area contributed by atoms with Crippen LogP contribution >= 0.6 is 0 Å². The van der Waals surface area contributed by atoms with Gasteiger partial charge >= 0.3 is 24.0 Å². The molecule has 212 valence electrons. The number of benzene rings is 1. The van der Waals surface area contributed by atoms with Gasteiger partial charge in [-0.05, 0) is 24.8 Å². The average Bonchev–Trinajstić information content (AvgIpc) is 3.21. The summed E-state index contributed by atoms with van der Waals surface area (Å²) in [6.45, 7) is -0.105. The van der Waals surface area contributed by atoms with Gasteiger partial charge in [-0.2, -0.15) is 0 Å². The number of ether oxygens (including phenoxy) is 1. The molecule has 4 N–H and O–H groups in total. The molecule has 1 aliphatic rings. The van der Waals surface area contributed by atoms with E-state index < -0.39 is 66.5 Å². The van der Waals surface area contributed by atoms with Crippen molar-refractivity contribution < 1.29 is 53.3 Å². The summed E-state index contributed by atoms with van der Waals surface area (Å²) in [5.74, 6) is -5.39. The Morgan fingerprint density at radius 3 is 1.97 bits per heavy atom. The lowest BCUT2D eigenvalue weighted by atomic mass is 9.83. The van der Waals surface area contributed by atoms with Gasteiger partial charge in [0.15, 0.2) is 0 Å². The smallest absolute Gasteiger partial charge is 0.407 e. The molecular formula is C25H31N3O11. The predicted molar refractivity (Wildman–Crippen MR) is 130 cm³/mol. The summed E-state index contributed by atoms with van der Waals surface area (Å²) in [5.41, 5.74) is -0.663. The van der Waals surface area contributed by atoms with Crippen LogP contribution in [0.4, 0.5) is 4.79 Å². The predicted octanol–water partition coefficient (Wildman–Crippen LogP) is 1.27. The van der Waals surface area contributed by atoms with E-state index in [4.69, 9.17) is 9.57 Å². The summed E-state index contributed by atoms with van der Waals surface area (Å²) in [5, 5.41) is 23.8. The Morgan fingerprint density at radius 2 is 1.41 bits per heavy atom. The minimum Gasteiger partial charge on any atom is -0.481 e. The molecule has 1 fully saturated rings. The number of carboxylic acids is 2. The van der Waals surface area contributed by atoms with Gasteiger partial charge in [0.2, 0.25) is 5.91 Å². The summed E-state index contributed by atoms with van der Waals surface area (Å²) in [4.78, 5) is 87.7. The number of imide groups is 1. The van der Waals surface area contributed by atoms with Crippen molar-refractivity contribution in [1.29, 1.82) is 0 Å². The second kappa shape index (κ2) is 15.1. The van der Waals surface area contributed by atoms with Crippen molar-refractivity contribution >= 4 is 41.7 Å². The molecule has 2 rings (SSSR count). The van der Waals surface area contributed by atoms with E-state index in [0.29, 0.717) is 5.06 Å². The van der Waals surface area contributed by atoms with Crippen LogP contribution in [0, 0.1) is 0 Å². The molecule has 0 spiro atoms. The highest BCUT2D eigenvalue weighted by Crippen LogP contribution is 2.27. The topological polar surface area (TPSA) is 206 Å². The standard InChI is InChI=1S/C25H31N3O11/c29-18(11-15-26-24(37)38-16-17-4-2-1-3-5-17)27-25(12-8-21(32)33,13-9-22(34)35)14-10-23(36)39-28-19(30)6-7-20(28)31/h1-5H,6-16H2,(H,26,37)(H,27,29)(H,32,33)(H,34,35). The Hall–Kier alpha value is -4.49. The van der Waals surface area contributed by atoms with Crippen molar-refractivity contribution in [2.24, 2.45) is 0 Å². The summed E-state index contributed by atoms with van der Waals surface area (Å²) >= 11 is 0. The van der Waals surface area contributed by atoms with Crippen LogP contribution in [-0.4, -0.2) is 69.1 Å². The zero-order chi connectivity index (χ0) is 28.8. The van der Waals surface area contributed by atoms with E-state index in [1.54, 1.807) is 24.3 Å². The Labute approximate surface area is 223 Å². The van der Waals surface area contributed by atoms with Gasteiger partial charge in [0.25, 0.3) is 11.8 Å². The molecule has 0 bridgehead atoms. The van der Waals surface area contributed by atoms with Crippen molar-refractivity contribution in [2.75, 3.05) is 6.54 Å². The molecule has 1 heterocycles. The second-order valence-electron chi connectivity index (χ2n) is 8.90. The van der Waals surface area contributed by atoms with Crippen molar-refractivity contribution in [3.63, 3.8) is 0 Å². The van der Waals surface area contributed by atoms with Gasteiger partial charge in [-0.1, -0.05) is 30.3 Å². The first kappa shape index (κ1) is 30.7. The number of carbonyl (C=O) groups excluding carboxylic acids is 5. The maximum absolute atomic E-state index is 12.7. The van der Waals surface area contributed by atoms with Gasteiger partial charge in [-0.25, -0.2) is 9.59 Å². The number of carboxylic acid groups (broad SMARTS) is 2. The van der Waals surface area contributed by atoms with Crippen LogP contribution in [0.15, 0.2) is 30.3 Å². The number of hydrogen-bond acceptors (Lipinski definition) is 9. The lowest BCUT2D eigenvalue weighted by Gasteiger charge is -2.34. The van der Waals surface area contributed by atoms with Gasteiger partial charge in [-0.3, -0.25) is 24.0 Å². The minimum absolute atomic E-state index is 0.0249. The van der Waals surface area contributed by atoms with Crippen LogP contribution in [0.25, 0.3) is 0 Å². The first-order chi connectivity index (χ1) is 18.5. The zero-order valence-electron chi connectivity index (χ0n) is 21.2. The second-order valence-corrected chi connectivity index (χ2v) is 8.90. The first-order valence-corrected chi connectivity index (χ1v) is 12.3. The quantitative estimate of drug-likeness (QED) is 0.216. The van der Waals surface area contributed by atoms with E-state index in [1.165, 1.54) is 0 Å². The molecule has 0 aromatic heterocycles. The van der Waals surface area contributed by atoms with Crippen molar-refractivity contribution in [3.8, 4) is 0 Å². The largest absolute Gasteiger partial charge is 0.481 e. The van der Waals surface area contributed by atoms with Crippen LogP contribution in [-0.2, 0) is 44.9 Å². The van der Waals surface area contributed by atoms with Crippen LogP contribution in [0.5, 0.6) is 0 Å². The van der Waals surface area contributed by atoms with Gasteiger partial charge in [0, 0.05) is 44.2 Å². The third-order valence-electron chi connectivity index (χ3n) is 5.88. The molecular weight excluding hydrogens is 518 g/mol. The average molecular weight is 550 g/mol. The van der Waals surface area contributed by atoms with Crippen LogP contribution in [0.2, 0.25) is 0 Å². The number of aliphatic carboxylic acids is 2. The Morgan fingerprint density at radius 1 is 0.846 bits per heavy atom. The number of nitrogens with zero attached hydrogens (tertiary/aromatic N) is 1. The highest BCUT2D eigenvalue weighted by atomic mass is 16.7. The molecule has 1 saturated heterocycles. The van der Waals surface area contributed by atoms with Crippen molar-refractivity contribution in [1.82, 2.24) is 15.7 Å². The first-order valence-electron chi connectivity index (χ1n) is 12.3. The lowest BCUT2D eigenvalue weighted by Crippen LogP contribution is -2.50. The highest BCUT2D eigenvalue weighted by Gasteiger charge is 2.36. The van der Waals surface area contributed by atoms with Gasteiger partial charge in [0.05, 0.1) is 6.42 Å². The summed E-state index contributed by atoms with van der Waals surface area (Å²) in [6, 6.07) is 8.92. The van der Waals surface area contributed by atoms with E-state index in [1.807, 2.05) is 6.07 Å². The Bertz CT molecular complexity index is 1040. The number of rotatable bonds is 16. The monoisotopic (exact) mass is 549 g/mol. The summed E-state index contributed by atoms with van der Waals surface area (Å²) in [7, 11) is 0. The number of amides is 4. The molecule has 1 aromatic carbocycles. The highest BCUT2D eigenvalue weighted by molar-refractivity contribution is 6.01. The number of hydrogen-bond donors (Lipinski definition) is 4. The molecule has 0 radical (unpaired) electrons. The fourth-order valence-corrected chi connectivity index (χ4v) is 3.81. The molecule has 4 amide bonds. The fourth-order valence-electron chi connectivity index (χ4n) is 3.81. The molecule has 14 nitrogen and oxygen atoms in total. The molecule has 14 heteroatoms. The third kappa shape index (κ3) is 11.2. The van der Waals surface area contributed by atoms with Crippen LogP contribution < -0.4 is 10.6 Å². The molecule has 0 aliphatic carbocycles. The maximum atomic E-state index is 12.7. The third-order valence-corrected chi connectivity index (χ3v) is 5.88. The SMILES string of the molecule is O=C(O)CCC(CCC(=O)O)(CCC(=O)ON1C(=O)CCC1=O)NC(=O)CCNC(=O)OCc1ccccc1. The molecule has 1 aromatic rings. The van der Waals surface area contributed by atoms with Crippen LogP contribution in [0.3, 0.4) is 0 Å². The minimum atomic E-state index is -1.43. The van der Waals surface area contributed by atoms with E-state index in [2.05, 4.69) is 10.6 Å². The Balaban J connectivity index is 1.97. The number of carbonyl (C=O) groups is 7. The normalized spacial score (nSPS) is 13.1. The van der Waals surface area contributed by atoms with E-state index in [-0.39, 0.29) is 51.7 Å². The molecule has 1 aliphatic heterocycles. The summed E-state index contributed by atoms with van der Waals surface area (Å²) in [6.07, 6.45) is -3.17. The van der Waals surface area contributed by atoms with Gasteiger partial charge in [0.1, 0.15) is 6.61 Å². The van der Waals surface area contributed by atoms with E-state index in [9.17, 15) is 43.8 Å². The molecule has 0 atom stereocenters. The lowest BCUT2D eigenvalue weighted by molar-refractivity contribution is -0.197.